The molecule has 0 aliphatic heterocycles. The molecule has 4 heteroatoms. The largest absolute Gasteiger partial charge is 0.397 e. The van der Waals surface area contributed by atoms with Crippen molar-refractivity contribution in [2.75, 3.05) is 5.73 Å². The summed E-state index contributed by atoms with van der Waals surface area (Å²) in [4.78, 5) is 15.7. The molecule has 1 amide bonds. The van der Waals surface area contributed by atoms with Crippen LogP contribution in [-0.2, 0) is 0 Å². The number of rotatable bonds is 2. The number of nitrogens with two attached hydrogens (primary N) is 1. The van der Waals surface area contributed by atoms with Gasteiger partial charge in [0.1, 0.15) is 5.69 Å². The number of amides is 1. The number of hydrogen-bond donors (Lipinski definition) is 2. The Morgan fingerprint density at radius 2 is 2.13 bits per heavy atom. The lowest BCUT2D eigenvalue weighted by atomic mass is 10.2. The third-order valence-electron chi connectivity index (χ3n) is 2.71. The van der Waals surface area contributed by atoms with Gasteiger partial charge in [0, 0.05) is 6.04 Å². The van der Waals surface area contributed by atoms with Gasteiger partial charge in [-0.1, -0.05) is 12.8 Å². The summed E-state index contributed by atoms with van der Waals surface area (Å²) in [5.41, 5.74) is 6.51. The predicted molar refractivity (Wildman–Crippen MR) is 58.4 cm³/mol. The molecule has 1 aromatic rings. The minimum atomic E-state index is -0.0955. The number of nitrogens with one attached hydrogen (secondary N) is 1. The molecule has 0 saturated heterocycles. The van der Waals surface area contributed by atoms with Gasteiger partial charge in [0.2, 0.25) is 0 Å². The van der Waals surface area contributed by atoms with Gasteiger partial charge >= 0.3 is 0 Å². The van der Waals surface area contributed by atoms with Crippen molar-refractivity contribution in [2.24, 2.45) is 0 Å². The van der Waals surface area contributed by atoms with Crippen molar-refractivity contribution in [3.05, 3.63) is 24.0 Å². The number of anilines is 1. The first kappa shape index (κ1) is 9.96. The Labute approximate surface area is 88.9 Å². The minimum absolute atomic E-state index is 0.0955. The molecule has 2 rings (SSSR count). The maximum Gasteiger partial charge on any atom is 0.270 e. The highest BCUT2D eigenvalue weighted by Gasteiger charge is 2.18. The summed E-state index contributed by atoms with van der Waals surface area (Å²) >= 11 is 0. The number of nitrogens with zero attached hydrogens (tertiary/aromatic N) is 1. The van der Waals surface area contributed by atoms with Gasteiger partial charge in [-0.05, 0) is 25.0 Å². The molecular formula is C11H15N3O. The molecule has 1 aromatic heterocycles. The lowest BCUT2D eigenvalue weighted by Gasteiger charge is -2.10. The van der Waals surface area contributed by atoms with Crippen molar-refractivity contribution in [3.63, 3.8) is 0 Å². The number of pyridine rings is 1. The SMILES string of the molecule is Nc1ccc(C(=O)NC2CCCC2)nc1. The molecule has 15 heavy (non-hydrogen) atoms. The number of carbonyl (C=O) groups is 1. The maximum absolute atomic E-state index is 11.7. The van der Waals surface area contributed by atoms with Crippen LogP contribution in [0.3, 0.4) is 0 Å². The van der Waals surface area contributed by atoms with E-state index in [-0.39, 0.29) is 5.91 Å². The average Bonchev–Trinajstić information content (AvgIpc) is 2.71. The van der Waals surface area contributed by atoms with Crippen LogP contribution in [0.2, 0.25) is 0 Å². The van der Waals surface area contributed by atoms with Crippen LogP contribution in [0.25, 0.3) is 0 Å². The van der Waals surface area contributed by atoms with E-state index < -0.39 is 0 Å². The quantitative estimate of drug-likeness (QED) is 0.765. The number of carbonyl (C=O) groups excluding carboxylic acids is 1. The van der Waals surface area contributed by atoms with Gasteiger partial charge in [-0.15, -0.1) is 0 Å². The second-order valence-corrected chi connectivity index (χ2v) is 3.93. The standard InChI is InChI=1S/C11H15N3O/c12-8-5-6-10(13-7-8)11(15)14-9-3-1-2-4-9/h5-7,9H,1-4,12H2,(H,14,15). The summed E-state index contributed by atoms with van der Waals surface area (Å²) in [5.74, 6) is -0.0955. The minimum Gasteiger partial charge on any atom is -0.397 e. The van der Waals surface area contributed by atoms with Crippen molar-refractivity contribution in [1.82, 2.24) is 10.3 Å². The number of nitrogen functional groups attached to an aromatic ring is 1. The van der Waals surface area contributed by atoms with E-state index in [0.717, 1.165) is 12.8 Å². The molecule has 0 unspecified atom stereocenters. The Kier molecular flexibility index (Phi) is 2.85. The lowest BCUT2D eigenvalue weighted by molar-refractivity contribution is 0.0933. The van der Waals surface area contributed by atoms with Gasteiger partial charge in [0.25, 0.3) is 5.91 Å². The normalized spacial score (nSPS) is 16.5. The zero-order valence-corrected chi connectivity index (χ0v) is 8.57. The smallest absolute Gasteiger partial charge is 0.270 e. The molecule has 0 bridgehead atoms. The van der Waals surface area contributed by atoms with Crippen molar-refractivity contribution in [3.8, 4) is 0 Å². The molecule has 1 saturated carbocycles. The van der Waals surface area contributed by atoms with Crippen LogP contribution in [0.4, 0.5) is 5.69 Å². The van der Waals surface area contributed by atoms with Crippen LogP contribution in [0.5, 0.6) is 0 Å². The lowest BCUT2D eigenvalue weighted by Crippen LogP contribution is -2.33. The van der Waals surface area contributed by atoms with E-state index in [1.807, 2.05) is 0 Å². The molecule has 80 valence electrons. The molecule has 1 aliphatic carbocycles. The van der Waals surface area contributed by atoms with Crippen molar-refractivity contribution < 1.29 is 4.79 Å². The second kappa shape index (κ2) is 4.29. The molecule has 0 spiro atoms. The summed E-state index contributed by atoms with van der Waals surface area (Å²) in [5, 5.41) is 2.97. The second-order valence-electron chi connectivity index (χ2n) is 3.93. The fourth-order valence-corrected chi connectivity index (χ4v) is 1.87. The summed E-state index contributed by atoms with van der Waals surface area (Å²) in [6, 6.07) is 3.67. The molecule has 1 fully saturated rings. The fraction of sp³-hybridized carbons (Fsp3) is 0.455. The van der Waals surface area contributed by atoms with E-state index in [4.69, 9.17) is 5.73 Å². The molecule has 1 aliphatic rings. The van der Waals surface area contributed by atoms with Crippen molar-refractivity contribution in [1.29, 1.82) is 0 Å². The van der Waals surface area contributed by atoms with E-state index in [0.29, 0.717) is 17.4 Å². The molecule has 1 heterocycles. The van der Waals surface area contributed by atoms with Crippen LogP contribution in [0, 0.1) is 0 Å². The summed E-state index contributed by atoms with van der Waals surface area (Å²) in [7, 11) is 0. The van der Waals surface area contributed by atoms with Crippen LogP contribution in [-0.4, -0.2) is 16.9 Å². The molecule has 0 radical (unpaired) electrons. The van der Waals surface area contributed by atoms with E-state index in [9.17, 15) is 4.79 Å². The predicted octanol–water partition coefficient (Wildman–Crippen LogP) is 1.34. The Bertz CT molecular complexity index is 341. The third-order valence-corrected chi connectivity index (χ3v) is 2.71. The van der Waals surface area contributed by atoms with E-state index >= 15 is 0 Å². The summed E-state index contributed by atoms with van der Waals surface area (Å²) in [6.45, 7) is 0. The zero-order chi connectivity index (χ0) is 10.7. The van der Waals surface area contributed by atoms with E-state index in [2.05, 4.69) is 10.3 Å². The Morgan fingerprint density at radius 1 is 1.40 bits per heavy atom. The van der Waals surface area contributed by atoms with Gasteiger partial charge in [0.15, 0.2) is 0 Å². The highest BCUT2D eigenvalue weighted by molar-refractivity contribution is 5.92. The highest BCUT2D eigenvalue weighted by Crippen LogP contribution is 2.17. The number of aromatic nitrogens is 1. The van der Waals surface area contributed by atoms with Crippen LogP contribution in [0.1, 0.15) is 36.2 Å². The van der Waals surface area contributed by atoms with Crippen LogP contribution < -0.4 is 11.1 Å². The summed E-state index contributed by atoms with van der Waals surface area (Å²) < 4.78 is 0. The first-order chi connectivity index (χ1) is 7.25. The molecule has 3 N–H and O–H groups in total. The first-order valence-electron chi connectivity index (χ1n) is 5.28. The molecule has 0 aromatic carbocycles. The van der Waals surface area contributed by atoms with E-state index in [1.165, 1.54) is 19.0 Å². The van der Waals surface area contributed by atoms with Crippen molar-refractivity contribution in [2.45, 2.75) is 31.7 Å². The third kappa shape index (κ3) is 2.46. The summed E-state index contributed by atoms with van der Waals surface area (Å²) in [6.07, 6.45) is 6.09. The van der Waals surface area contributed by atoms with Gasteiger partial charge < -0.3 is 11.1 Å². The molecular weight excluding hydrogens is 190 g/mol. The topological polar surface area (TPSA) is 68.0 Å². The van der Waals surface area contributed by atoms with Gasteiger partial charge in [-0.2, -0.15) is 0 Å². The maximum atomic E-state index is 11.7. The highest BCUT2D eigenvalue weighted by atomic mass is 16.1. The van der Waals surface area contributed by atoms with Crippen LogP contribution in [0.15, 0.2) is 18.3 Å². The molecule has 4 nitrogen and oxygen atoms in total. The van der Waals surface area contributed by atoms with Crippen LogP contribution >= 0.6 is 0 Å². The monoisotopic (exact) mass is 205 g/mol. The van der Waals surface area contributed by atoms with Gasteiger partial charge in [-0.3, -0.25) is 4.79 Å². The van der Waals surface area contributed by atoms with Gasteiger partial charge in [0.05, 0.1) is 11.9 Å². The zero-order valence-electron chi connectivity index (χ0n) is 8.57. The van der Waals surface area contributed by atoms with Gasteiger partial charge in [-0.25, -0.2) is 4.98 Å². The Morgan fingerprint density at radius 3 is 2.73 bits per heavy atom. The number of hydrogen-bond acceptors (Lipinski definition) is 3. The Balaban J connectivity index is 1.98. The average molecular weight is 205 g/mol. The first-order valence-corrected chi connectivity index (χ1v) is 5.28. The van der Waals surface area contributed by atoms with Crippen molar-refractivity contribution >= 4 is 11.6 Å². The molecule has 0 atom stereocenters. The Hall–Kier alpha value is -1.58. The van der Waals surface area contributed by atoms with E-state index in [1.54, 1.807) is 12.1 Å². The fourth-order valence-electron chi connectivity index (χ4n) is 1.87.